The van der Waals surface area contributed by atoms with Crippen molar-refractivity contribution >= 4 is 33.7 Å². The Morgan fingerprint density at radius 1 is 0.933 bits per heavy atom. The molecule has 6 heterocycles. The molecule has 3 unspecified atom stereocenters. The van der Waals surface area contributed by atoms with Gasteiger partial charge in [0.2, 0.25) is 0 Å². The fraction of sp³-hybridized carbons (Fsp3) is 0.444. The van der Waals surface area contributed by atoms with Crippen molar-refractivity contribution < 1.29 is 9.53 Å². The number of amides is 1. The number of carbonyl (C=O) groups excluding carboxylic acids is 1. The normalized spacial score (nSPS) is 25.3. The van der Waals surface area contributed by atoms with E-state index in [4.69, 9.17) is 14.7 Å². The van der Waals surface area contributed by atoms with Gasteiger partial charge in [0.05, 0.1) is 18.3 Å². The smallest absolute Gasteiger partial charge is 0.254 e. The molecule has 3 saturated carbocycles. The van der Waals surface area contributed by atoms with Crippen LogP contribution in [-0.2, 0) is 13.1 Å². The zero-order chi connectivity index (χ0) is 29.8. The quantitative estimate of drug-likeness (QED) is 0.235. The van der Waals surface area contributed by atoms with Gasteiger partial charge in [-0.1, -0.05) is 0 Å². The lowest BCUT2D eigenvalue weighted by Gasteiger charge is -2.52. The number of imidazole rings is 1. The topological polar surface area (TPSA) is 81.3 Å². The maximum atomic E-state index is 14.0. The zero-order valence-corrected chi connectivity index (χ0v) is 25.5. The van der Waals surface area contributed by atoms with E-state index in [1.165, 1.54) is 31.4 Å². The van der Waals surface area contributed by atoms with E-state index in [1.54, 1.807) is 7.11 Å². The lowest BCUT2D eigenvalue weighted by atomic mass is 9.53. The number of hydrogen-bond acceptors (Lipinski definition) is 6. The Balaban J connectivity index is 1.08. The van der Waals surface area contributed by atoms with E-state index in [0.717, 1.165) is 83.9 Å². The summed E-state index contributed by atoms with van der Waals surface area (Å²) in [5, 5.41) is 1.13. The van der Waals surface area contributed by atoms with Crippen molar-refractivity contribution in [3.8, 4) is 17.3 Å². The van der Waals surface area contributed by atoms with Gasteiger partial charge < -0.3 is 23.7 Å². The number of ether oxygens (including phenoxy) is 1. The molecule has 45 heavy (non-hydrogen) atoms. The predicted molar refractivity (Wildman–Crippen MR) is 172 cm³/mol. The third kappa shape index (κ3) is 3.91. The van der Waals surface area contributed by atoms with Gasteiger partial charge in [-0.25, -0.2) is 9.97 Å². The molecule has 0 N–H and O–H groups in total. The minimum atomic E-state index is 0.128. The highest BCUT2D eigenvalue weighted by molar-refractivity contribution is 6.00. The van der Waals surface area contributed by atoms with Crippen molar-refractivity contribution in [3.05, 3.63) is 66.6 Å². The van der Waals surface area contributed by atoms with Gasteiger partial charge in [-0.2, -0.15) is 0 Å². The van der Waals surface area contributed by atoms with Crippen LogP contribution in [0.3, 0.4) is 0 Å². The number of methoxy groups -OCH3 is 1. The summed E-state index contributed by atoms with van der Waals surface area (Å²) in [5.74, 6) is 5.19. The molecule has 2 aliphatic heterocycles. The minimum absolute atomic E-state index is 0.128. The second kappa shape index (κ2) is 9.55. The van der Waals surface area contributed by atoms with E-state index in [0.29, 0.717) is 29.4 Å². The second-order valence-corrected chi connectivity index (χ2v) is 14.2. The van der Waals surface area contributed by atoms with E-state index in [2.05, 4.69) is 48.2 Å². The summed E-state index contributed by atoms with van der Waals surface area (Å²) in [6, 6.07) is 15.0. The first-order chi connectivity index (χ1) is 22.1. The highest BCUT2D eigenvalue weighted by atomic mass is 16.5. The second-order valence-electron chi connectivity index (χ2n) is 14.2. The lowest BCUT2D eigenvalue weighted by Crippen LogP contribution is -2.53. The molecule has 5 fully saturated rings. The highest BCUT2D eigenvalue weighted by Gasteiger charge is 2.61. The molecule has 0 spiro atoms. The zero-order valence-electron chi connectivity index (χ0n) is 25.5. The van der Waals surface area contributed by atoms with E-state index < -0.39 is 0 Å². The summed E-state index contributed by atoms with van der Waals surface area (Å²) in [7, 11) is 1.72. The van der Waals surface area contributed by atoms with Gasteiger partial charge in [0.25, 0.3) is 5.91 Å². The fourth-order valence-electron chi connectivity index (χ4n) is 8.97. The number of rotatable bonds is 8. The molecule has 10 rings (SSSR count). The van der Waals surface area contributed by atoms with Crippen LogP contribution in [0.15, 0.2) is 61.1 Å². The summed E-state index contributed by atoms with van der Waals surface area (Å²) < 4.78 is 10.8. The van der Waals surface area contributed by atoms with E-state index >= 15 is 0 Å². The molecule has 9 heteroatoms. The van der Waals surface area contributed by atoms with Crippen LogP contribution in [0.4, 0.5) is 5.69 Å². The molecular formula is C36H37N7O2. The molecule has 3 aliphatic carbocycles. The van der Waals surface area contributed by atoms with Crippen LogP contribution in [0.1, 0.15) is 36.0 Å². The summed E-state index contributed by atoms with van der Waals surface area (Å²) in [6.07, 6.45) is 10.6. The number of hydrogen-bond donors (Lipinski definition) is 0. The first-order valence-electron chi connectivity index (χ1n) is 16.6. The summed E-state index contributed by atoms with van der Waals surface area (Å²) in [6.45, 7) is 4.59. The Kier molecular flexibility index (Phi) is 5.49. The monoisotopic (exact) mass is 599 g/mol. The molecule has 4 aromatic heterocycles. The van der Waals surface area contributed by atoms with Crippen molar-refractivity contribution in [1.29, 1.82) is 0 Å². The molecule has 5 aromatic rings. The van der Waals surface area contributed by atoms with E-state index in [9.17, 15) is 4.79 Å². The molecule has 5 aliphatic rings. The minimum Gasteiger partial charge on any atom is -0.494 e. The number of pyridine rings is 2. The number of aromatic nitrogens is 5. The molecule has 1 aromatic carbocycles. The van der Waals surface area contributed by atoms with Crippen LogP contribution < -0.4 is 9.64 Å². The van der Waals surface area contributed by atoms with Gasteiger partial charge in [0, 0.05) is 79.9 Å². The lowest BCUT2D eigenvalue weighted by molar-refractivity contribution is -0.0204. The Hall–Kier alpha value is -4.40. The van der Waals surface area contributed by atoms with Gasteiger partial charge in [0.1, 0.15) is 16.9 Å². The van der Waals surface area contributed by atoms with Crippen LogP contribution in [-0.4, -0.2) is 67.7 Å². The average Bonchev–Trinajstić information content (AvgIpc) is 3.68. The third-order valence-corrected chi connectivity index (χ3v) is 11.5. The van der Waals surface area contributed by atoms with Gasteiger partial charge in [-0.3, -0.25) is 9.78 Å². The van der Waals surface area contributed by atoms with Crippen LogP contribution in [0.2, 0.25) is 0 Å². The third-order valence-electron chi connectivity index (χ3n) is 11.5. The van der Waals surface area contributed by atoms with Gasteiger partial charge >= 0.3 is 0 Å². The number of fused-ring (bicyclic) bond motifs is 2. The van der Waals surface area contributed by atoms with Crippen molar-refractivity contribution in [3.63, 3.8) is 0 Å². The summed E-state index contributed by atoms with van der Waals surface area (Å²) in [4.78, 5) is 32.9. The number of anilines is 1. The van der Waals surface area contributed by atoms with Crippen molar-refractivity contribution in [2.24, 2.45) is 29.6 Å². The Bertz CT molecular complexity index is 1970. The Morgan fingerprint density at radius 2 is 1.78 bits per heavy atom. The van der Waals surface area contributed by atoms with Crippen LogP contribution in [0, 0.1) is 29.6 Å². The molecule has 4 atom stereocenters. The van der Waals surface area contributed by atoms with Gasteiger partial charge in [-0.05, 0) is 91.8 Å². The maximum absolute atomic E-state index is 14.0. The van der Waals surface area contributed by atoms with Crippen LogP contribution in [0.25, 0.3) is 33.6 Å². The number of likely N-dealkylation sites (tertiary alicyclic amines) is 1. The number of benzene rings is 1. The molecule has 2 saturated heterocycles. The first-order valence-corrected chi connectivity index (χ1v) is 16.6. The van der Waals surface area contributed by atoms with Crippen molar-refractivity contribution in [2.75, 3.05) is 31.6 Å². The standard InChI is InChI=1S/C36H37N7O2/c1-45-31-15-25(36(44)42-20-26-11-24-14-29(42)32(24)26)12-28-33(31)43(19-22-16-40(17-22)27-6-9-37-10-7-27)35(39-28)30-13-23-3-2-8-38-34(23)41(30)18-21-4-5-21/h2-3,6-10,12-13,15,21-22,24,26,29,32H,4-5,11,14,16-20H2,1H3/t24?,26?,29?,32-/m1/s1. The molecular weight excluding hydrogens is 562 g/mol. The van der Waals surface area contributed by atoms with E-state index in [-0.39, 0.29) is 5.91 Å². The Labute approximate surface area is 261 Å². The maximum Gasteiger partial charge on any atom is 0.254 e. The SMILES string of the molecule is COc1cc(C(=O)N2CC3CC4CC2[C@H]43)cc2nc(-c3cc4cccnc4n3CC3CC3)n(CC3CN(c4ccncc4)C3)c12. The van der Waals surface area contributed by atoms with E-state index in [1.807, 2.05) is 36.8 Å². The highest BCUT2D eigenvalue weighted by Crippen LogP contribution is 2.60. The van der Waals surface area contributed by atoms with Crippen molar-refractivity contribution in [2.45, 2.75) is 44.8 Å². The first kappa shape index (κ1) is 25.9. The number of nitrogens with zero attached hydrogens (tertiary/aromatic N) is 7. The molecule has 9 nitrogen and oxygen atoms in total. The predicted octanol–water partition coefficient (Wildman–Crippen LogP) is 5.48. The van der Waals surface area contributed by atoms with Gasteiger partial charge in [0.15, 0.2) is 5.82 Å². The molecule has 228 valence electrons. The van der Waals surface area contributed by atoms with Crippen LogP contribution >= 0.6 is 0 Å². The van der Waals surface area contributed by atoms with Gasteiger partial charge in [-0.15, -0.1) is 0 Å². The number of carbonyl (C=O) groups is 1. The largest absolute Gasteiger partial charge is 0.494 e. The Morgan fingerprint density at radius 3 is 2.56 bits per heavy atom. The summed E-state index contributed by atoms with van der Waals surface area (Å²) >= 11 is 0. The fourth-order valence-corrected chi connectivity index (χ4v) is 8.97. The molecule has 0 radical (unpaired) electrons. The average molecular weight is 600 g/mol. The molecule has 1 amide bonds. The van der Waals surface area contributed by atoms with Crippen molar-refractivity contribution in [1.82, 2.24) is 29.0 Å². The van der Waals surface area contributed by atoms with Crippen LogP contribution in [0.5, 0.6) is 5.75 Å². The summed E-state index contributed by atoms with van der Waals surface area (Å²) in [5.41, 5.74) is 5.78. The molecule has 0 bridgehead atoms.